The Morgan fingerprint density at radius 1 is 1.29 bits per heavy atom. The van der Waals surface area contributed by atoms with E-state index in [-0.39, 0.29) is 17.9 Å². The number of nitrogens with two attached hydrogens (primary N) is 1. The smallest absolute Gasteiger partial charge is 0.328 e. The highest BCUT2D eigenvalue weighted by molar-refractivity contribution is 5.78. The number of aliphatic hydroxyl groups excluding tert-OH is 1. The Morgan fingerprint density at radius 3 is 2.68 bits per heavy atom. The normalized spacial score (nSPS) is 23.0. The van der Waals surface area contributed by atoms with Crippen molar-refractivity contribution in [1.82, 2.24) is 14.5 Å². The quantitative estimate of drug-likeness (QED) is 0.648. The number of benzene rings is 1. The van der Waals surface area contributed by atoms with E-state index in [1.54, 1.807) is 4.90 Å². The maximum Gasteiger partial charge on any atom is 0.328 e. The summed E-state index contributed by atoms with van der Waals surface area (Å²) in [6.07, 6.45) is 1.82. The summed E-state index contributed by atoms with van der Waals surface area (Å²) in [5, 5.41) is 10.8. The lowest BCUT2D eigenvalue weighted by Gasteiger charge is -2.42. The molecule has 1 aliphatic heterocycles. The van der Waals surface area contributed by atoms with Crippen molar-refractivity contribution in [3.05, 3.63) is 68.0 Å². The Balaban J connectivity index is 1.51. The number of aliphatic hydroxyl groups is 1. The molecule has 2 heterocycles. The molecule has 0 saturated carbocycles. The molecular weight excluding hydrogens is 360 g/mol. The Labute approximate surface area is 161 Å². The molecule has 1 aromatic carbocycles. The molecule has 0 bridgehead atoms. The number of fused-ring (bicyclic) bond motifs is 2. The summed E-state index contributed by atoms with van der Waals surface area (Å²) < 4.78 is 0.959. The maximum absolute atomic E-state index is 12.7. The summed E-state index contributed by atoms with van der Waals surface area (Å²) >= 11 is 0. The molecule has 1 amide bonds. The molecule has 2 aromatic rings. The van der Waals surface area contributed by atoms with Gasteiger partial charge in [0.25, 0.3) is 5.56 Å². The fraction of sp³-hybridized carbons (Fsp3) is 0.450. The number of aromatic amines is 1. The van der Waals surface area contributed by atoms with Crippen molar-refractivity contribution in [1.29, 1.82) is 0 Å². The number of H-pyrrole nitrogens is 1. The van der Waals surface area contributed by atoms with Crippen LogP contribution < -0.4 is 17.0 Å². The zero-order valence-corrected chi connectivity index (χ0v) is 15.7. The van der Waals surface area contributed by atoms with E-state index in [0.29, 0.717) is 25.9 Å². The number of likely N-dealkylation sites (tertiary alicyclic amines) is 1. The topological polar surface area (TPSA) is 121 Å². The number of amides is 1. The summed E-state index contributed by atoms with van der Waals surface area (Å²) in [4.78, 5) is 40.5. The predicted molar refractivity (Wildman–Crippen MR) is 103 cm³/mol. The van der Waals surface area contributed by atoms with Crippen molar-refractivity contribution in [3.8, 4) is 0 Å². The van der Waals surface area contributed by atoms with Crippen molar-refractivity contribution in [3.63, 3.8) is 0 Å². The Bertz CT molecular complexity index is 1030. The van der Waals surface area contributed by atoms with Crippen LogP contribution in [0.15, 0.2) is 40.1 Å². The number of nitrogens with zero attached hydrogens (tertiary/aromatic N) is 2. The van der Waals surface area contributed by atoms with Crippen molar-refractivity contribution in [2.45, 2.75) is 36.8 Å². The van der Waals surface area contributed by atoms with Crippen LogP contribution in [0.1, 0.15) is 35.6 Å². The van der Waals surface area contributed by atoms with Gasteiger partial charge in [-0.3, -0.25) is 14.2 Å². The van der Waals surface area contributed by atoms with Crippen LogP contribution in [0.25, 0.3) is 0 Å². The molecule has 1 spiro atoms. The standard InChI is InChI=1S/C20H24N4O4/c1-23-18(27)12(11-22-19(23)28)10-15(25)24-8-6-20(7-9-24)14-5-3-2-4-13(14)16(21)17(20)26/h2-5,11,16-17,26H,6-10,21H2,1H3,(H,22,28)/t16-,17+/m1/s1. The van der Waals surface area contributed by atoms with Crippen LogP contribution in [0.3, 0.4) is 0 Å². The monoisotopic (exact) mass is 384 g/mol. The van der Waals surface area contributed by atoms with Gasteiger partial charge in [-0.2, -0.15) is 0 Å². The van der Waals surface area contributed by atoms with E-state index in [2.05, 4.69) is 4.98 Å². The van der Waals surface area contributed by atoms with Gasteiger partial charge in [0.1, 0.15) is 0 Å². The molecule has 0 radical (unpaired) electrons. The molecule has 1 saturated heterocycles. The van der Waals surface area contributed by atoms with Gasteiger partial charge >= 0.3 is 5.69 Å². The van der Waals surface area contributed by atoms with Gasteiger partial charge in [-0.25, -0.2) is 4.79 Å². The van der Waals surface area contributed by atoms with Gasteiger partial charge in [0.15, 0.2) is 0 Å². The zero-order valence-electron chi connectivity index (χ0n) is 15.7. The molecular formula is C20H24N4O4. The first kappa shape index (κ1) is 18.6. The van der Waals surface area contributed by atoms with E-state index in [0.717, 1.165) is 15.7 Å². The molecule has 1 fully saturated rings. The Hall–Kier alpha value is -2.71. The molecule has 2 aliphatic rings. The fourth-order valence-electron chi connectivity index (χ4n) is 4.65. The number of hydrogen-bond donors (Lipinski definition) is 3. The highest BCUT2D eigenvalue weighted by Gasteiger charge is 2.51. The number of nitrogens with one attached hydrogen (secondary N) is 1. The minimum atomic E-state index is -0.673. The van der Waals surface area contributed by atoms with E-state index in [9.17, 15) is 19.5 Å². The van der Waals surface area contributed by atoms with Gasteiger partial charge in [-0.15, -0.1) is 0 Å². The summed E-state index contributed by atoms with van der Waals surface area (Å²) in [5.74, 6) is -0.163. The number of aromatic nitrogens is 2. The van der Waals surface area contributed by atoms with Gasteiger partial charge in [-0.1, -0.05) is 24.3 Å². The van der Waals surface area contributed by atoms with E-state index in [1.165, 1.54) is 13.2 Å². The van der Waals surface area contributed by atoms with Gasteiger partial charge in [-0.05, 0) is 24.0 Å². The van der Waals surface area contributed by atoms with Crippen LogP contribution in [-0.2, 0) is 23.7 Å². The molecule has 8 heteroatoms. The second kappa shape index (κ2) is 6.72. The highest BCUT2D eigenvalue weighted by atomic mass is 16.3. The molecule has 28 heavy (non-hydrogen) atoms. The van der Waals surface area contributed by atoms with Crippen LogP contribution in [0, 0.1) is 0 Å². The SMILES string of the molecule is Cn1c(=O)[nH]cc(CC(=O)N2CCC3(CC2)c2ccccc2[C@@H](N)[C@@H]3O)c1=O. The first-order chi connectivity index (χ1) is 13.3. The minimum Gasteiger partial charge on any atom is -0.390 e. The van der Waals surface area contributed by atoms with Crippen LogP contribution in [0.2, 0.25) is 0 Å². The molecule has 4 rings (SSSR count). The van der Waals surface area contributed by atoms with E-state index >= 15 is 0 Å². The predicted octanol–water partition coefficient (Wildman–Crippen LogP) is -0.449. The molecule has 8 nitrogen and oxygen atoms in total. The van der Waals surface area contributed by atoms with Crippen molar-refractivity contribution >= 4 is 5.91 Å². The van der Waals surface area contributed by atoms with Gasteiger partial charge in [0.05, 0.1) is 18.6 Å². The third-order valence-electron chi connectivity index (χ3n) is 6.37. The largest absolute Gasteiger partial charge is 0.390 e. The third kappa shape index (κ3) is 2.71. The van der Waals surface area contributed by atoms with E-state index < -0.39 is 28.8 Å². The molecule has 148 valence electrons. The number of piperidine rings is 1. The Kier molecular flexibility index (Phi) is 4.47. The molecule has 1 aliphatic carbocycles. The summed E-state index contributed by atoms with van der Waals surface area (Å²) in [6, 6.07) is 7.44. The van der Waals surface area contributed by atoms with Crippen LogP contribution in [0.4, 0.5) is 0 Å². The van der Waals surface area contributed by atoms with Crippen molar-refractivity contribution in [2.75, 3.05) is 13.1 Å². The Morgan fingerprint density at radius 2 is 1.96 bits per heavy atom. The first-order valence-corrected chi connectivity index (χ1v) is 9.43. The van der Waals surface area contributed by atoms with Crippen LogP contribution >= 0.6 is 0 Å². The van der Waals surface area contributed by atoms with Gasteiger partial charge in [0, 0.05) is 37.3 Å². The molecule has 4 N–H and O–H groups in total. The highest BCUT2D eigenvalue weighted by Crippen LogP contribution is 2.49. The van der Waals surface area contributed by atoms with E-state index in [1.807, 2.05) is 24.3 Å². The van der Waals surface area contributed by atoms with Gasteiger partial charge < -0.3 is 20.7 Å². The second-order valence-electron chi connectivity index (χ2n) is 7.75. The lowest BCUT2D eigenvalue weighted by molar-refractivity contribution is -0.132. The first-order valence-electron chi connectivity index (χ1n) is 9.43. The fourth-order valence-corrected chi connectivity index (χ4v) is 4.65. The van der Waals surface area contributed by atoms with Crippen molar-refractivity contribution < 1.29 is 9.90 Å². The van der Waals surface area contributed by atoms with E-state index in [4.69, 9.17) is 5.73 Å². The molecule has 1 aromatic heterocycles. The zero-order chi connectivity index (χ0) is 20.1. The van der Waals surface area contributed by atoms with Crippen LogP contribution in [-0.4, -0.2) is 44.7 Å². The minimum absolute atomic E-state index is 0.0604. The van der Waals surface area contributed by atoms with Gasteiger partial charge in [0.2, 0.25) is 5.91 Å². The number of carbonyl (C=O) groups excluding carboxylic acids is 1. The van der Waals surface area contributed by atoms with Crippen LogP contribution in [0.5, 0.6) is 0 Å². The summed E-state index contributed by atoms with van der Waals surface area (Å²) in [7, 11) is 1.38. The average Bonchev–Trinajstić information content (AvgIpc) is 2.91. The second-order valence-corrected chi connectivity index (χ2v) is 7.75. The summed E-state index contributed by atoms with van der Waals surface area (Å²) in [6.45, 7) is 0.973. The maximum atomic E-state index is 12.7. The number of hydrogen-bond acceptors (Lipinski definition) is 5. The lowest BCUT2D eigenvalue weighted by Crippen LogP contribution is -2.50. The average molecular weight is 384 g/mol. The lowest BCUT2D eigenvalue weighted by atomic mass is 9.72. The number of rotatable bonds is 2. The molecule has 2 atom stereocenters. The number of carbonyl (C=O) groups is 1. The molecule has 0 unspecified atom stereocenters. The summed E-state index contributed by atoms with van der Waals surface area (Å²) in [5.41, 5.74) is 7.16. The third-order valence-corrected chi connectivity index (χ3v) is 6.37. The van der Waals surface area contributed by atoms with Crippen molar-refractivity contribution in [2.24, 2.45) is 12.8 Å².